The van der Waals surface area contributed by atoms with Gasteiger partial charge in [0.15, 0.2) is 0 Å². The van der Waals surface area contributed by atoms with Gasteiger partial charge in [-0.2, -0.15) is 0 Å². The molecule has 0 aliphatic heterocycles. The minimum atomic E-state index is -2.56. The molecule has 82 valence electrons. The van der Waals surface area contributed by atoms with E-state index in [1.54, 1.807) is 0 Å². The first-order chi connectivity index (χ1) is 6.50. The molecule has 3 N–H and O–H groups in total. The highest BCUT2D eigenvalue weighted by atomic mass is 16.5. The summed E-state index contributed by atoms with van der Waals surface area (Å²) >= 11 is 0. The van der Waals surface area contributed by atoms with Gasteiger partial charge in [-0.25, -0.2) is 4.79 Å². The Morgan fingerprint density at radius 3 is 2.29 bits per heavy atom. The van der Waals surface area contributed by atoms with Crippen LogP contribution in [0.5, 0.6) is 0 Å². The molecular formula is C10H18O4. The molecule has 0 aromatic carbocycles. The van der Waals surface area contributed by atoms with E-state index in [-0.39, 0.29) is 6.42 Å². The molecule has 0 radical (unpaired) electrons. The van der Waals surface area contributed by atoms with Crippen molar-refractivity contribution in [1.29, 1.82) is 0 Å². The lowest BCUT2D eigenvalue weighted by atomic mass is 10.1. The summed E-state index contributed by atoms with van der Waals surface area (Å²) in [5.41, 5.74) is 0. The molecule has 0 bridgehead atoms. The van der Waals surface area contributed by atoms with E-state index in [1.165, 1.54) is 0 Å². The number of allylic oxidation sites excluding steroid dienone is 1. The van der Waals surface area contributed by atoms with Crippen LogP contribution in [-0.4, -0.2) is 27.1 Å². The predicted octanol–water partition coefficient (Wildman–Crippen LogP) is 1.28. The first-order valence-electron chi connectivity index (χ1n) is 4.79. The van der Waals surface area contributed by atoms with Gasteiger partial charge in [-0.15, -0.1) is 6.58 Å². The van der Waals surface area contributed by atoms with E-state index in [0.29, 0.717) is 6.42 Å². The summed E-state index contributed by atoms with van der Waals surface area (Å²) in [7, 11) is 0. The Morgan fingerprint density at radius 1 is 1.21 bits per heavy atom. The molecule has 0 rings (SSSR count). The maximum absolute atomic E-state index is 10.3. The number of carboxylic acids is 1. The maximum atomic E-state index is 10.3. The number of unbranched alkanes of at least 4 members (excludes halogenated alkanes) is 4. The van der Waals surface area contributed by atoms with E-state index in [9.17, 15) is 4.79 Å². The molecule has 0 spiro atoms. The second-order valence-corrected chi connectivity index (χ2v) is 3.36. The molecule has 0 aromatic heterocycles. The molecule has 0 fully saturated rings. The van der Waals surface area contributed by atoms with Gasteiger partial charge < -0.3 is 15.3 Å². The molecule has 0 saturated carbocycles. The predicted molar refractivity (Wildman–Crippen MR) is 52.7 cm³/mol. The average Bonchev–Trinajstić information content (AvgIpc) is 2.10. The lowest BCUT2D eigenvalue weighted by Crippen LogP contribution is -2.37. The average molecular weight is 202 g/mol. The molecule has 0 heterocycles. The third-order valence-electron chi connectivity index (χ3n) is 2.03. The van der Waals surface area contributed by atoms with Gasteiger partial charge in [-0.1, -0.05) is 18.9 Å². The Balaban J connectivity index is 3.44. The van der Waals surface area contributed by atoms with Crippen molar-refractivity contribution in [3.8, 4) is 0 Å². The van der Waals surface area contributed by atoms with Crippen molar-refractivity contribution in [2.45, 2.75) is 44.3 Å². The monoisotopic (exact) mass is 202 g/mol. The lowest BCUT2D eigenvalue weighted by Gasteiger charge is -2.15. The van der Waals surface area contributed by atoms with Crippen LogP contribution in [0.3, 0.4) is 0 Å². The molecule has 14 heavy (non-hydrogen) atoms. The Labute approximate surface area is 83.9 Å². The molecule has 0 atom stereocenters. The van der Waals surface area contributed by atoms with Gasteiger partial charge >= 0.3 is 5.97 Å². The van der Waals surface area contributed by atoms with Gasteiger partial charge in [0.2, 0.25) is 0 Å². The quantitative estimate of drug-likeness (QED) is 0.315. The molecule has 0 unspecified atom stereocenters. The van der Waals surface area contributed by atoms with Crippen molar-refractivity contribution in [1.82, 2.24) is 0 Å². The first-order valence-corrected chi connectivity index (χ1v) is 4.79. The minimum absolute atomic E-state index is 0.115. The summed E-state index contributed by atoms with van der Waals surface area (Å²) in [5.74, 6) is -4.14. The smallest absolute Gasteiger partial charge is 0.364 e. The van der Waals surface area contributed by atoms with E-state index in [0.717, 1.165) is 25.7 Å². The van der Waals surface area contributed by atoms with Gasteiger partial charge in [-0.05, 0) is 19.3 Å². The topological polar surface area (TPSA) is 77.8 Å². The SMILES string of the molecule is C=CCCCCCCC(O)(O)C(=O)O. The third kappa shape index (κ3) is 5.72. The Morgan fingerprint density at radius 2 is 1.79 bits per heavy atom. The summed E-state index contributed by atoms with van der Waals surface area (Å²) in [5, 5.41) is 26.2. The molecule has 0 aromatic rings. The number of aliphatic carboxylic acids is 1. The van der Waals surface area contributed by atoms with Crippen molar-refractivity contribution in [3.63, 3.8) is 0 Å². The maximum Gasteiger partial charge on any atom is 0.364 e. The largest absolute Gasteiger partial charge is 0.477 e. The zero-order valence-electron chi connectivity index (χ0n) is 8.28. The van der Waals surface area contributed by atoms with Gasteiger partial charge in [-0.3, -0.25) is 0 Å². The van der Waals surface area contributed by atoms with E-state index in [2.05, 4.69) is 6.58 Å². The number of carboxylic acid groups (broad SMARTS) is 1. The van der Waals surface area contributed by atoms with Crippen LogP contribution >= 0.6 is 0 Å². The number of hydrogen-bond donors (Lipinski definition) is 3. The summed E-state index contributed by atoms with van der Waals surface area (Å²) in [6.45, 7) is 3.58. The van der Waals surface area contributed by atoms with Gasteiger partial charge in [0.25, 0.3) is 5.79 Å². The Kier molecular flexibility index (Phi) is 6.16. The fraction of sp³-hybridized carbons (Fsp3) is 0.700. The first kappa shape index (κ1) is 13.1. The number of carbonyl (C=O) groups is 1. The third-order valence-corrected chi connectivity index (χ3v) is 2.03. The lowest BCUT2D eigenvalue weighted by molar-refractivity contribution is -0.205. The van der Waals surface area contributed by atoms with Crippen LogP contribution in [0, 0.1) is 0 Å². The Hall–Kier alpha value is -0.870. The minimum Gasteiger partial charge on any atom is -0.477 e. The molecule has 4 heteroatoms. The summed E-state index contributed by atoms with van der Waals surface area (Å²) in [4.78, 5) is 10.3. The van der Waals surface area contributed by atoms with Gasteiger partial charge in [0, 0.05) is 6.42 Å². The summed E-state index contributed by atoms with van der Waals surface area (Å²) in [6.07, 6.45) is 5.96. The number of aliphatic hydroxyl groups is 2. The van der Waals surface area contributed by atoms with Crippen LogP contribution in [0.4, 0.5) is 0 Å². The Bertz CT molecular complexity index is 187. The van der Waals surface area contributed by atoms with Crippen molar-refractivity contribution >= 4 is 5.97 Å². The van der Waals surface area contributed by atoms with E-state index in [4.69, 9.17) is 15.3 Å². The molecule has 0 amide bonds. The second kappa shape index (κ2) is 6.56. The van der Waals surface area contributed by atoms with E-state index < -0.39 is 11.8 Å². The van der Waals surface area contributed by atoms with Crippen LogP contribution in [0.1, 0.15) is 38.5 Å². The standard InChI is InChI=1S/C10H18O4/c1-2-3-4-5-6-7-8-10(13,14)9(11)12/h2,13-14H,1,3-8H2,(H,11,12). The fourth-order valence-corrected chi connectivity index (χ4v) is 1.12. The van der Waals surface area contributed by atoms with Crippen LogP contribution in [0.2, 0.25) is 0 Å². The van der Waals surface area contributed by atoms with Crippen LogP contribution in [0.15, 0.2) is 12.7 Å². The molecular weight excluding hydrogens is 184 g/mol. The van der Waals surface area contributed by atoms with E-state index >= 15 is 0 Å². The van der Waals surface area contributed by atoms with Crippen LogP contribution in [-0.2, 0) is 4.79 Å². The fourth-order valence-electron chi connectivity index (χ4n) is 1.12. The second-order valence-electron chi connectivity index (χ2n) is 3.36. The van der Waals surface area contributed by atoms with Crippen LogP contribution in [0.25, 0.3) is 0 Å². The van der Waals surface area contributed by atoms with Crippen LogP contribution < -0.4 is 0 Å². The van der Waals surface area contributed by atoms with Crippen molar-refractivity contribution < 1.29 is 20.1 Å². The molecule has 4 nitrogen and oxygen atoms in total. The zero-order chi connectivity index (χ0) is 11.0. The van der Waals surface area contributed by atoms with Crippen molar-refractivity contribution in [3.05, 3.63) is 12.7 Å². The zero-order valence-corrected chi connectivity index (χ0v) is 8.28. The summed E-state index contributed by atoms with van der Waals surface area (Å²) in [6, 6.07) is 0. The van der Waals surface area contributed by atoms with Gasteiger partial charge in [0.1, 0.15) is 0 Å². The molecule has 0 aliphatic carbocycles. The van der Waals surface area contributed by atoms with Crippen molar-refractivity contribution in [2.24, 2.45) is 0 Å². The normalized spacial score (nSPS) is 11.3. The molecule has 0 aliphatic rings. The highest BCUT2D eigenvalue weighted by Crippen LogP contribution is 2.13. The number of rotatable bonds is 8. The van der Waals surface area contributed by atoms with E-state index in [1.807, 2.05) is 6.08 Å². The summed E-state index contributed by atoms with van der Waals surface area (Å²) < 4.78 is 0. The molecule has 0 saturated heterocycles. The van der Waals surface area contributed by atoms with Crippen molar-refractivity contribution in [2.75, 3.05) is 0 Å². The number of hydrogen-bond acceptors (Lipinski definition) is 3. The van der Waals surface area contributed by atoms with Gasteiger partial charge in [0.05, 0.1) is 0 Å². The highest BCUT2D eigenvalue weighted by molar-refractivity contribution is 5.74. The highest BCUT2D eigenvalue weighted by Gasteiger charge is 2.31.